The van der Waals surface area contributed by atoms with E-state index in [9.17, 15) is 14.9 Å². The van der Waals surface area contributed by atoms with Gasteiger partial charge in [-0.2, -0.15) is 0 Å². The zero-order valence-electron chi connectivity index (χ0n) is 14.5. The zero-order valence-corrected chi connectivity index (χ0v) is 14.5. The van der Waals surface area contributed by atoms with Crippen molar-refractivity contribution in [2.24, 2.45) is 5.16 Å². The van der Waals surface area contributed by atoms with Gasteiger partial charge in [-0.25, -0.2) is 0 Å². The van der Waals surface area contributed by atoms with Crippen molar-refractivity contribution in [3.63, 3.8) is 0 Å². The van der Waals surface area contributed by atoms with Crippen LogP contribution in [0.1, 0.15) is 24.5 Å². The Labute approximate surface area is 151 Å². The van der Waals surface area contributed by atoms with Gasteiger partial charge in [-0.3, -0.25) is 14.9 Å². The van der Waals surface area contributed by atoms with E-state index < -0.39 is 4.92 Å². The van der Waals surface area contributed by atoms with Crippen LogP contribution < -0.4 is 5.32 Å². The van der Waals surface area contributed by atoms with Crippen LogP contribution in [-0.2, 0) is 16.1 Å². The van der Waals surface area contributed by atoms with Gasteiger partial charge in [0.25, 0.3) is 11.6 Å². The normalized spacial score (nSPS) is 11.9. The molecule has 0 aliphatic carbocycles. The number of rotatable bonds is 9. The number of carbonyl (C=O) groups is 1. The van der Waals surface area contributed by atoms with Gasteiger partial charge in [-0.15, -0.1) is 0 Å². The van der Waals surface area contributed by atoms with Crippen molar-refractivity contribution in [3.8, 4) is 0 Å². The Kier molecular flexibility index (Phi) is 7.30. The fourth-order valence-electron chi connectivity index (χ4n) is 2.33. The van der Waals surface area contributed by atoms with Crippen molar-refractivity contribution in [2.75, 3.05) is 6.61 Å². The number of carbonyl (C=O) groups excluding carboxylic acids is 1. The van der Waals surface area contributed by atoms with Crippen LogP contribution in [0.5, 0.6) is 0 Å². The second-order valence-corrected chi connectivity index (χ2v) is 5.85. The lowest BCUT2D eigenvalue weighted by Gasteiger charge is -2.13. The van der Waals surface area contributed by atoms with Gasteiger partial charge < -0.3 is 10.2 Å². The number of hydrogen-bond donors (Lipinski definition) is 1. The van der Waals surface area contributed by atoms with Crippen molar-refractivity contribution in [1.82, 2.24) is 5.32 Å². The van der Waals surface area contributed by atoms with Crippen LogP contribution in [0.4, 0.5) is 5.69 Å². The molecule has 0 aliphatic rings. The summed E-state index contributed by atoms with van der Waals surface area (Å²) in [5.74, 6) is -0.262. The first kappa shape index (κ1) is 19.1. The summed E-state index contributed by atoms with van der Waals surface area (Å²) in [6, 6.07) is 16.1. The third kappa shape index (κ3) is 6.72. The lowest BCUT2D eigenvalue weighted by atomic mass is 10.1. The van der Waals surface area contributed by atoms with Gasteiger partial charge in [-0.05, 0) is 25.3 Å². The molecule has 7 heteroatoms. The Balaban J connectivity index is 1.69. The maximum absolute atomic E-state index is 11.8. The summed E-state index contributed by atoms with van der Waals surface area (Å²) in [5.41, 5.74) is 1.72. The monoisotopic (exact) mass is 355 g/mol. The van der Waals surface area contributed by atoms with E-state index in [1.807, 2.05) is 25.1 Å². The number of benzene rings is 2. The Bertz CT molecular complexity index is 762. The molecule has 136 valence electrons. The molecule has 26 heavy (non-hydrogen) atoms. The van der Waals surface area contributed by atoms with Crippen LogP contribution in [0.2, 0.25) is 0 Å². The van der Waals surface area contributed by atoms with Gasteiger partial charge in [-0.1, -0.05) is 47.6 Å². The van der Waals surface area contributed by atoms with Gasteiger partial charge >= 0.3 is 0 Å². The summed E-state index contributed by atoms with van der Waals surface area (Å²) in [6.45, 7) is 1.73. The number of non-ortho nitro benzene ring substituents is 1. The molecule has 0 saturated carbocycles. The van der Waals surface area contributed by atoms with E-state index in [1.165, 1.54) is 23.9 Å². The molecule has 0 aliphatic heterocycles. The first-order valence-corrected chi connectivity index (χ1v) is 8.27. The molecule has 0 aromatic heterocycles. The van der Waals surface area contributed by atoms with E-state index in [0.29, 0.717) is 5.56 Å². The van der Waals surface area contributed by atoms with E-state index in [-0.39, 0.29) is 24.2 Å². The van der Waals surface area contributed by atoms with Gasteiger partial charge in [0.05, 0.1) is 11.1 Å². The minimum Gasteiger partial charge on any atom is -0.386 e. The van der Waals surface area contributed by atoms with Crippen molar-refractivity contribution in [1.29, 1.82) is 0 Å². The predicted molar refractivity (Wildman–Crippen MR) is 99.0 cm³/mol. The summed E-state index contributed by atoms with van der Waals surface area (Å²) >= 11 is 0. The third-order valence-corrected chi connectivity index (χ3v) is 3.67. The highest BCUT2D eigenvalue weighted by Gasteiger charge is 2.08. The molecule has 2 rings (SSSR count). The molecule has 1 N–H and O–H groups in total. The first-order chi connectivity index (χ1) is 12.5. The lowest BCUT2D eigenvalue weighted by molar-refractivity contribution is -0.384. The van der Waals surface area contributed by atoms with Crippen LogP contribution in [0, 0.1) is 10.1 Å². The molecule has 0 spiro atoms. The smallest absolute Gasteiger partial charge is 0.270 e. The highest BCUT2D eigenvalue weighted by molar-refractivity contribution is 5.80. The summed E-state index contributed by atoms with van der Waals surface area (Å²) in [4.78, 5) is 27.0. The van der Waals surface area contributed by atoms with E-state index >= 15 is 0 Å². The predicted octanol–water partition coefficient (Wildman–Crippen LogP) is 3.08. The van der Waals surface area contributed by atoms with Gasteiger partial charge in [0, 0.05) is 23.7 Å². The quantitative estimate of drug-likeness (QED) is 0.425. The van der Waals surface area contributed by atoms with Crippen LogP contribution in [0.25, 0.3) is 0 Å². The SMILES string of the molecule is C[C@@H](CCc1ccccc1)NC(=O)CO/N=C\c1cccc([N+](=O)[O-])c1. The Morgan fingerprint density at radius 1 is 1.27 bits per heavy atom. The van der Waals surface area contributed by atoms with E-state index in [2.05, 4.69) is 22.6 Å². The fourth-order valence-corrected chi connectivity index (χ4v) is 2.33. The van der Waals surface area contributed by atoms with Crippen molar-refractivity contribution >= 4 is 17.8 Å². The number of nitro groups is 1. The molecule has 0 fully saturated rings. The van der Waals surface area contributed by atoms with Gasteiger partial charge in [0.2, 0.25) is 0 Å². The van der Waals surface area contributed by atoms with Crippen molar-refractivity contribution in [2.45, 2.75) is 25.8 Å². The summed E-state index contributed by atoms with van der Waals surface area (Å²) in [5, 5.41) is 17.2. The fraction of sp³-hybridized carbons (Fsp3) is 0.263. The number of oxime groups is 1. The molecule has 2 aromatic rings. The minimum atomic E-state index is -0.484. The molecule has 0 heterocycles. The molecule has 0 bridgehead atoms. The van der Waals surface area contributed by atoms with Crippen LogP contribution in [-0.4, -0.2) is 29.7 Å². The molecule has 0 radical (unpaired) electrons. The second-order valence-electron chi connectivity index (χ2n) is 5.85. The van der Waals surface area contributed by atoms with Gasteiger partial charge in [0.15, 0.2) is 6.61 Å². The molecule has 1 amide bonds. The van der Waals surface area contributed by atoms with Crippen LogP contribution in [0.3, 0.4) is 0 Å². The molecule has 2 aromatic carbocycles. The first-order valence-electron chi connectivity index (χ1n) is 8.27. The molecule has 0 unspecified atom stereocenters. The molecular formula is C19H21N3O4. The van der Waals surface area contributed by atoms with Gasteiger partial charge in [0.1, 0.15) is 0 Å². The highest BCUT2D eigenvalue weighted by atomic mass is 16.6. The number of amides is 1. The largest absolute Gasteiger partial charge is 0.386 e. The number of nitrogens with zero attached hydrogens (tertiary/aromatic N) is 2. The standard InChI is InChI=1S/C19H21N3O4/c1-15(10-11-16-6-3-2-4-7-16)21-19(23)14-26-20-13-17-8-5-9-18(12-17)22(24)25/h2-9,12-13,15H,10-11,14H2,1H3,(H,21,23)/b20-13-/t15-/m0/s1. The average molecular weight is 355 g/mol. The maximum Gasteiger partial charge on any atom is 0.270 e. The Morgan fingerprint density at radius 3 is 2.77 bits per heavy atom. The topological polar surface area (TPSA) is 93.8 Å². The summed E-state index contributed by atoms with van der Waals surface area (Å²) in [7, 11) is 0. The summed E-state index contributed by atoms with van der Waals surface area (Å²) < 4.78 is 0. The summed E-state index contributed by atoms with van der Waals surface area (Å²) in [6.07, 6.45) is 3.04. The van der Waals surface area contributed by atoms with E-state index in [4.69, 9.17) is 4.84 Å². The molecule has 7 nitrogen and oxygen atoms in total. The number of nitro benzene ring substituents is 1. The molecular weight excluding hydrogens is 334 g/mol. The molecule has 1 atom stereocenters. The Morgan fingerprint density at radius 2 is 2.04 bits per heavy atom. The van der Waals surface area contributed by atoms with E-state index in [0.717, 1.165) is 12.8 Å². The average Bonchev–Trinajstić information content (AvgIpc) is 2.64. The second kappa shape index (κ2) is 9.93. The highest BCUT2D eigenvalue weighted by Crippen LogP contribution is 2.11. The van der Waals surface area contributed by atoms with E-state index in [1.54, 1.807) is 12.1 Å². The number of hydrogen-bond acceptors (Lipinski definition) is 5. The minimum absolute atomic E-state index is 0.0204. The third-order valence-electron chi connectivity index (χ3n) is 3.67. The van der Waals surface area contributed by atoms with Crippen molar-refractivity contribution in [3.05, 3.63) is 75.8 Å². The van der Waals surface area contributed by atoms with Crippen LogP contribution >= 0.6 is 0 Å². The van der Waals surface area contributed by atoms with Crippen molar-refractivity contribution < 1.29 is 14.6 Å². The lowest BCUT2D eigenvalue weighted by Crippen LogP contribution is -2.35. The maximum atomic E-state index is 11.8. The zero-order chi connectivity index (χ0) is 18.8. The molecule has 0 saturated heterocycles. The number of nitrogens with one attached hydrogen (secondary N) is 1. The Hall–Kier alpha value is -3.22. The van der Waals surface area contributed by atoms with Crippen LogP contribution in [0.15, 0.2) is 59.8 Å². The number of aryl methyl sites for hydroxylation is 1.